The van der Waals surface area contributed by atoms with Crippen molar-refractivity contribution in [1.82, 2.24) is 4.90 Å². The van der Waals surface area contributed by atoms with Crippen LogP contribution in [0.2, 0.25) is 0 Å². The zero-order valence-corrected chi connectivity index (χ0v) is 5.80. The van der Waals surface area contributed by atoms with Crippen LogP contribution in [0.25, 0.3) is 0 Å². The van der Waals surface area contributed by atoms with E-state index in [0.29, 0.717) is 5.54 Å². The van der Waals surface area contributed by atoms with Gasteiger partial charge in [0, 0.05) is 19.3 Å². The fraction of sp³-hybridized carbons (Fsp3) is 0.857. The normalized spacial score (nSPS) is 40.6. The number of likely N-dealkylation sites (N-methyl/N-ethyl adjacent to an activating group) is 1. The molecule has 2 nitrogen and oxygen atoms in total. The van der Waals surface area contributed by atoms with Crippen molar-refractivity contribution < 1.29 is 0 Å². The standard InChI is InChI=1S/C7H12N2/c1-2-9-4-3-7(6-9)5-8-7/h5H,2-4,6H2,1H3. The summed E-state index contributed by atoms with van der Waals surface area (Å²) in [5.41, 5.74) is 0.343. The largest absolute Gasteiger partial charge is 0.301 e. The van der Waals surface area contributed by atoms with Gasteiger partial charge in [0.25, 0.3) is 0 Å². The molecule has 1 unspecified atom stereocenters. The van der Waals surface area contributed by atoms with E-state index in [1.807, 2.05) is 0 Å². The molecule has 2 aliphatic rings. The maximum Gasteiger partial charge on any atom is 0.109 e. The van der Waals surface area contributed by atoms with Gasteiger partial charge in [0.2, 0.25) is 0 Å². The van der Waals surface area contributed by atoms with Gasteiger partial charge in [-0.2, -0.15) is 0 Å². The van der Waals surface area contributed by atoms with Crippen LogP contribution in [0.4, 0.5) is 0 Å². The van der Waals surface area contributed by atoms with E-state index < -0.39 is 0 Å². The summed E-state index contributed by atoms with van der Waals surface area (Å²) in [6.45, 7) is 5.83. The number of likely N-dealkylation sites (tertiary alicyclic amines) is 1. The first-order valence-corrected chi connectivity index (χ1v) is 3.63. The molecule has 9 heavy (non-hydrogen) atoms. The molecule has 0 aliphatic carbocycles. The summed E-state index contributed by atoms with van der Waals surface area (Å²) >= 11 is 0. The second-order valence-electron chi connectivity index (χ2n) is 2.98. The minimum absolute atomic E-state index is 0.343. The molecular formula is C7H12N2. The smallest absolute Gasteiger partial charge is 0.109 e. The van der Waals surface area contributed by atoms with Crippen LogP contribution in [0.1, 0.15) is 13.3 Å². The first-order valence-electron chi connectivity index (χ1n) is 3.63. The third-order valence-corrected chi connectivity index (χ3v) is 2.30. The zero-order valence-electron chi connectivity index (χ0n) is 5.80. The number of hydrogen-bond donors (Lipinski definition) is 0. The van der Waals surface area contributed by atoms with Crippen molar-refractivity contribution in [2.75, 3.05) is 19.6 Å². The van der Waals surface area contributed by atoms with Crippen molar-refractivity contribution in [3.05, 3.63) is 0 Å². The Morgan fingerprint density at radius 1 is 1.78 bits per heavy atom. The summed E-state index contributed by atoms with van der Waals surface area (Å²) in [5.74, 6) is 0. The molecule has 2 aliphatic heterocycles. The summed E-state index contributed by atoms with van der Waals surface area (Å²) in [6, 6.07) is 0. The number of hydrogen-bond acceptors (Lipinski definition) is 2. The molecular weight excluding hydrogens is 112 g/mol. The number of aliphatic imine (C=N–C) groups is 1. The maximum atomic E-state index is 4.26. The molecule has 0 saturated carbocycles. The first-order chi connectivity index (χ1) is 4.35. The lowest BCUT2D eigenvalue weighted by Crippen LogP contribution is -2.23. The van der Waals surface area contributed by atoms with Gasteiger partial charge in [0.1, 0.15) is 5.54 Å². The SMILES string of the molecule is CCN1CCC2(C=N2)C1. The molecule has 1 spiro atoms. The van der Waals surface area contributed by atoms with Crippen LogP contribution >= 0.6 is 0 Å². The Kier molecular flexibility index (Phi) is 0.943. The third-order valence-electron chi connectivity index (χ3n) is 2.30. The van der Waals surface area contributed by atoms with Crippen molar-refractivity contribution in [1.29, 1.82) is 0 Å². The Morgan fingerprint density at radius 3 is 2.89 bits per heavy atom. The highest BCUT2D eigenvalue weighted by Gasteiger charge is 2.42. The topological polar surface area (TPSA) is 15.6 Å². The lowest BCUT2D eigenvalue weighted by molar-refractivity contribution is 0.352. The Bertz CT molecular complexity index is 145. The molecule has 50 valence electrons. The molecule has 0 aromatic carbocycles. The molecule has 2 heteroatoms. The maximum absolute atomic E-state index is 4.26. The van der Waals surface area contributed by atoms with E-state index in [9.17, 15) is 0 Å². The van der Waals surface area contributed by atoms with Crippen LogP contribution in [0.15, 0.2) is 4.99 Å². The van der Waals surface area contributed by atoms with Crippen LogP contribution in [0.5, 0.6) is 0 Å². The molecule has 2 heterocycles. The minimum atomic E-state index is 0.343. The van der Waals surface area contributed by atoms with Gasteiger partial charge >= 0.3 is 0 Å². The van der Waals surface area contributed by atoms with Crippen molar-refractivity contribution >= 4 is 6.21 Å². The third kappa shape index (κ3) is 0.778. The molecule has 0 N–H and O–H groups in total. The van der Waals surface area contributed by atoms with Crippen molar-refractivity contribution in [3.63, 3.8) is 0 Å². The van der Waals surface area contributed by atoms with E-state index in [1.165, 1.54) is 26.1 Å². The summed E-state index contributed by atoms with van der Waals surface area (Å²) in [7, 11) is 0. The van der Waals surface area contributed by atoms with Gasteiger partial charge < -0.3 is 4.90 Å². The Balaban J connectivity index is 1.94. The Hall–Kier alpha value is -0.370. The van der Waals surface area contributed by atoms with E-state index in [0.717, 1.165) is 0 Å². The number of nitrogens with zero attached hydrogens (tertiary/aromatic N) is 2. The van der Waals surface area contributed by atoms with Crippen LogP contribution < -0.4 is 0 Å². The zero-order chi connectivity index (χ0) is 6.32. The molecule has 0 aromatic heterocycles. The van der Waals surface area contributed by atoms with Crippen LogP contribution in [-0.2, 0) is 0 Å². The first kappa shape index (κ1) is 5.42. The van der Waals surface area contributed by atoms with Crippen molar-refractivity contribution in [2.24, 2.45) is 4.99 Å². The second-order valence-corrected chi connectivity index (χ2v) is 2.98. The summed E-state index contributed by atoms with van der Waals surface area (Å²) in [4.78, 5) is 6.72. The quantitative estimate of drug-likeness (QED) is 0.498. The van der Waals surface area contributed by atoms with Crippen LogP contribution in [0.3, 0.4) is 0 Å². The monoisotopic (exact) mass is 124 g/mol. The average Bonchev–Trinajstić information content (AvgIpc) is 2.44. The van der Waals surface area contributed by atoms with Gasteiger partial charge in [-0.05, 0) is 13.0 Å². The lowest BCUT2D eigenvalue weighted by atomic mass is 10.1. The van der Waals surface area contributed by atoms with E-state index in [-0.39, 0.29) is 0 Å². The molecule has 1 fully saturated rings. The predicted molar refractivity (Wildman–Crippen MR) is 38.0 cm³/mol. The highest BCUT2D eigenvalue weighted by Crippen LogP contribution is 2.31. The van der Waals surface area contributed by atoms with E-state index in [2.05, 4.69) is 23.0 Å². The molecule has 2 rings (SSSR count). The summed E-state index contributed by atoms with van der Waals surface area (Å²) in [5, 5.41) is 0. The molecule has 0 amide bonds. The fourth-order valence-corrected chi connectivity index (χ4v) is 1.47. The van der Waals surface area contributed by atoms with Gasteiger partial charge in [0.05, 0.1) is 0 Å². The van der Waals surface area contributed by atoms with Crippen LogP contribution in [0, 0.1) is 0 Å². The Morgan fingerprint density at radius 2 is 2.56 bits per heavy atom. The van der Waals surface area contributed by atoms with E-state index in [4.69, 9.17) is 0 Å². The molecule has 0 radical (unpaired) electrons. The average molecular weight is 124 g/mol. The highest BCUT2D eigenvalue weighted by molar-refractivity contribution is 5.85. The van der Waals surface area contributed by atoms with Gasteiger partial charge in [-0.25, -0.2) is 0 Å². The lowest BCUT2D eigenvalue weighted by Gasteiger charge is -2.10. The van der Waals surface area contributed by atoms with Gasteiger partial charge in [-0.1, -0.05) is 6.92 Å². The molecule has 1 saturated heterocycles. The van der Waals surface area contributed by atoms with E-state index >= 15 is 0 Å². The molecule has 1 atom stereocenters. The summed E-state index contributed by atoms with van der Waals surface area (Å²) in [6.07, 6.45) is 3.36. The fourth-order valence-electron chi connectivity index (χ4n) is 1.47. The van der Waals surface area contributed by atoms with Gasteiger partial charge in [0.15, 0.2) is 0 Å². The van der Waals surface area contributed by atoms with Crippen LogP contribution in [-0.4, -0.2) is 36.3 Å². The van der Waals surface area contributed by atoms with Crippen molar-refractivity contribution in [3.8, 4) is 0 Å². The molecule has 0 bridgehead atoms. The Labute approximate surface area is 55.6 Å². The molecule has 0 aromatic rings. The van der Waals surface area contributed by atoms with Gasteiger partial charge in [-0.15, -0.1) is 0 Å². The van der Waals surface area contributed by atoms with Gasteiger partial charge in [-0.3, -0.25) is 4.99 Å². The van der Waals surface area contributed by atoms with E-state index in [1.54, 1.807) is 0 Å². The highest BCUT2D eigenvalue weighted by atomic mass is 15.2. The minimum Gasteiger partial charge on any atom is -0.301 e. The van der Waals surface area contributed by atoms with Crippen molar-refractivity contribution in [2.45, 2.75) is 18.9 Å². The summed E-state index contributed by atoms with van der Waals surface area (Å²) < 4.78 is 0. The second kappa shape index (κ2) is 1.57. The predicted octanol–water partition coefficient (Wildman–Crippen LogP) is 0.535. The number of rotatable bonds is 1.